The summed E-state index contributed by atoms with van der Waals surface area (Å²) in [5, 5.41) is 0.879. The fraction of sp³-hybridized carbons (Fsp3) is 0.500. The second-order valence-electron chi connectivity index (χ2n) is 4.75. The Labute approximate surface area is 111 Å². The summed E-state index contributed by atoms with van der Waals surface area (Å²) in [7, 11) is 0. The van der Waals surface area contributed by atoms with Crippen molar-refractivity contribution in [2.45, 2.75) is 32.7 Å². The van der Waals surface area contributed by atoms with Crippen molar-refractivity contribution in [2.75, 3.05) is 11.9 Å². The van der Waals surface area contributed by atoms with Crippen molar-refractivity contribution in [3.8, 4) is 0 Å². The number of hydrogen-bond acceptors (Lipinski definition) is 1. The van der Waals surface area contributed by atoms with Crippen LogP contribution in [-0.4, -0.2) is 28.7 Å². The zero-order valence-corrected chi connectivity index (χ0v) is 12.0. The average Bonchev–Trinajstić information content (AvgIpc) is 2.80. The number of amides is 1. The van der Waals surface area contributed by atoms with Gasteiger partial charge in [-0.05, 0) is 49.9 Å². The molecule has 1 aliphatic rings. The number of halogens is 1. The molecule has 1 aromatic rings. The van der Waals surface area contributed by atoms with Crippen molar-refractivity contribution in [3.63, 3.8) is 0 Å². The fourth-order valence-corrected chi connectivity index (χ4v) is 2.98. The normalized spacial score (nSPS) is 19.7. The van der Waals surface area contributed by atoms with Gasteiger partial charge in [-0.3, -0.25) is 4.79 Å². The minimum atomic E-state index is 0.176. The van der Waals surface area contributed by atoms with Gasteiger partial charge >= 0.3 is 0 Å². The molecular weight excluding hydrogens is 278 g/mol. The topological polar surface area (TPSA) is 20.3 Å². The quantitative estimate of drug-likeness (QED) is 0.767. The van der Waals surface area contributed by atoms with Gasteiger partial charge in [-0.1, -0.05) is 22.0 Å². The second-order valence-corrected chi connectivity index (χ2v) is 5.40. The third-order valence-electron chi connectivity index (χ3n) is 3.57. The van der Waals surface area contributed by atoms with Gasteiger partial charge in [-0.15, -0.1) is 0 Å². The van der Waals surface area contributed by atoms with Gasteiger partial charge in [0, 0.05) is 23.5 Å². The highest BCUT2D eigenvalue weighted by molar-refractivity contribution is 9.09. The molecule has 0 radical (unpaired) electrons. The molecule has 92 valence electrons. The van der Waals surface area contributed by atoms with Crippen molar-refractivity contribution in [3.05, 3.63) is 34.9 Å². The minimum absolute atomic E-state index is 0.176. The van der Waals surface area contributed by atoms with E-state index in [2.05, 4.69) is 29.8 Å². The molecule has 1 saturated heterocycles. The van der Waals surface area contributed by atoms with E-state index in [4.69, 9.17) is 0 Å². The lowest BCUT2D eigenvalue weighted by Crippen LogP contribution is -2.36. The molecule has 1 heterocycles. The van der Waals surface area contributed by atoms with Gasteiger partial charge < -0.3 is 4.90 Å². The summed E-state index contributed by atoms with van der Waals surface area (Å²) in [4.78, 5) is 14.4. The molecule has 0 aliphatic carbocycles. The molecule has 2 rings (SSSR count). The van der Waals surface area contributed by atoms with Gasteiger partial charge in [0.2, 0.25) is 0 Å². The minimum Gasteiger partial charge on any atom is -0.335 e. The largest absolute Gasteiger partial charge is 0.335 e. The summed E-state index contributed by atoms with van der Waals surface area (Å²) < 4.78 is 0. The van der Waals surface area contributed by atoms with Gasteiger partial charge in [-0.25, -0.2) is 0 Å². The van der Waals surface area contributed by atoms with Crippen molar-refractivity contribution in [1.82, 2.24) is 4.90 Å². The molecule has 1 amide bonds. The molecule has 2 nitrogen and oxygen atoms in total. The van der Waals surface area contributed by atoms with Crippen LogP contribution in [0.25, 0.3) is 0 Å². The van der Waals surface area contributed by atoms with Crippen LogP contribution in [0.5, 0.6) is 0 Å². The van der Waals surface area contributed by atoms with Crippen molar-refractivity contribution in [1.29, 1.82) is 0 Å². The number of likely N-dealkylation sites (tertiary alicyclic amines) is 1. The third kappa shape index (κ3) is 2.54. The van der Waals surface area contributed by atoms with Crippen LogP contribution in [0.4, 0.5) is 0 Å². The molecule has 0 unspecified atom stereocenters. The Morgan fingerprint density at radius 1 is 1.41 bits per heavy atom. The number of hydrogen-bond donors (Lipinski definition) is 0. The van der Waals surface area contributed by atoms with Crippen LogP contribution in [-0.2, 0) is 0 Å². The van der Waals surface area contributed by atoms with Crippen LogP contribution in [0.1, 0.15) is 34.3 Å². The summed E-state index contributed by atoms with van der Waals surface area (Å²) >= 11 is 3.49. The van der Waals surface area contributed by atoms with E-state index in [1.165, 1.54) is 11.1 Å². The standard InChI is InChI=1S/C14H18BrNO/c1-10-5-6-12(8-11(10)2)14(17)16-7-3-4-13(16)9-15/h5-6,8,13H,3-4,7,9H2,1-2H3/t13-/m0/s1. The summed E-state index contributed by atoms with van der Waals surface area (Å²) in [6.07, 6.45) is 2.23. The van der Waals surface area contributed by atoms with E-state index in [9.17, 15) is 4.79 Å². The Bertz CT molecular complexity index is 430. The smallest absolute Gasteiger partial charge is 0.254 e. The van der Waals surface area contributed by atoms with E-state index in [0.29, 0.717) is 6.04 Å². The predicted octanol–water partition coefficient (Wildman–Crippen LogP) is 3.30. The number of nitrogens with zero attached hydrogens (tertiary/aromatic N) is 1. The maximum atomic E-state index is 12.4. The third-order valence-corrected chi connectivity index (χ3v) is 4.32. The van der Waals surface area contributed by atoms with Crippen LogP contribution >= 0.6 is 15.9 Å². The Hall–Kier alpha value is -0.830. The Balaban J connectivity index is 2.21. The first kappa shape index (κ1) is 12.6. The molecule has 1 atom stereocenters. The van der Waals surface area contributed by atoms with E-state index < -0.39 is 0 Å². The second kappa shape index (κ2) is 5.21. The first-order chi connectivity index (χ1) is 8.13. The van der Waals surface area contributed by atoms with Crippen LogP contribution in [0.15, 0.2) is 18.2 Å². The first-order valence-electron chi connectivity index (χ1n) is 6.07. The number of benzene rings is 1. The Morgan fingerprint density at radius 2 is 2.18 bits per heavy atom. The van der Waals surface area contributed by atoms with Crippen LogP contribution in [0.2, 0.25) is 0 Å². The summed E-state index contributed by atoms with van der Waals surface area (Å²) in [6, 6.07) is 6.33. The van der Waals surface area contributed by atoms with E-state index >= 15 is 0 Å². The van der Waals surface area contributed by atoms with Crippen LogP contribution in [0.3, 0.4) is 0 Å². The lowest BCUT2D eigenvalue weighted by Gasteiger charge is -2.23. The lowest BCUT2D eigenvalue weighted by atomic mass is 10.1. The van der Waals surface area contributed by atoms with E-state index in [0.717, 1.165) is 30.3 Å². The highest BCUT2D eigenvalue weighted by Crippen LogP contribution is 2.22. The molecule has 1 aromatic carbocycles. The molecule has 0 bridgehead atoms. The highest BCUT2D eigenvalue weighted by Gasteiger charge is 2.28. The van der Waals surface area contributed by atoms with Gasteiger partial charge in [0.1, 0.15) is 0 Å². The van der Waals surface area contributed by atoms with Gasteiger partial charge in [-0.2, -0.15) is 0 Å². The monoisotopic (exact) mass is 295 g/mol. The summed E-state index contributed by atoms with van der Waals surface area (Å²) in [6.45, 7) is 5.01. The molecule has 0 N–H and O–H groups in total. The number of carbonyl (C=O) groups excluding carboxylic acids is 1. The zero-order chi connectivity index (χ0) is 12.4. The molecule has 17 heavy (non-hydrogen) atoms. The summed E-state index contributed by atoms with van der Waals surface area (Å²) in [5.41, 5.74) is 3.24. The number of alkyl halides is 1. The van der Waals surface area contributed by atoms with Crippen molar-refractivity contribution >= 4 is 21.8 Å². The lowest BCUT2D eigenvalue weighted by molar-refractivity contribution is 0.0750. The Morgan fingerprint density at radius 3 is 2.82 bits per heavy atom. The maximum Gasteiger partial charge on any atom is 0.254 e. The number of aryl methyl sites for hydroxylation is 2. The van der Waals surface area contributed by atoms with Crippen LogP contribution < -0.4 is 0 Å². The highest BCUT2D eigenvalue weighted by atomic mass is 79.9. The molecule has 1 fully saturated rings. The number of rotatable bonds is 2. The van der Waals surface area contributed by atoms with Crippen molar-refractivity contribution < 1.29 is 4.79 Å². The fourth-order valence-electron chi connectivity index (χ4n) is 2.30. The number of carbonyl (C=O) groups is 1. The molecular formula is C14H18BrNO. The van der Waals surface area contributed by atoms with Gasteiger partial charge in [0.15, 0.2) is 0 Å². The molecule has 0 spiro atoms. The SMILES string of the molecule is Cc1ccc(C(=O)N2CCC[C@H]2CBr)cc1C. The first-order valence-corrected chi connectivity index (χ1v) is 7.20. The average molecular weight is 296 g/mol. The van der Waals surface area contributed by atoms with E-state index in [1.54, 1.807) is 0 Å². The predicted molar refractivity (Wildman–Crippen MR) is 73.8 cm³/mol. The van der Waals surface area contributed by atoms with E-state index in [-0.39, 0.29) is 5.91 Å². The molecule has 0 saturated carbocycles. The van der Waals surface area contributed by atoms with E-state index in [1.807, 2.05) is 23.1 Å². The zero-order valence-electron chi connectivity index (χ0n) is 10.4. The van der Waals surface area contributed by atoms with Crippen molar-refractivity contribution in [2.24, 2.45) is 0 Å². The summed E-state index contributed by atoms with van der Waals surface area (Å²) in [5.74, 6) is 0.176. The maximum absolute atomic E-state index is 12.4. The van der Waals surface area contributed by atoms with Gasteiger partial charge in [0.25, 0.3) is 5.91 Å². The molecule has 0 aromatic heterocycles. The molecule has 1 aliphatic heterocycles. The molecule has 3 heteroatoms. The Kier molecular flexibility index (Phi) is 3.87. The van der Waals surface area contributed by atoms with Crippen LogP contribution in [0, 0.1) is 13.8 Å². The van der Waals surface area contributed by atoms with Gasteiger partial charge in [0.05, 0.1) is 0 Å².